The summed E-state index contributed by atoms with van der Waals surface area (Å²) in [5.41, 5.74) is 3.05. The third-order valence-corrected chi connectivity index (χ3v) is 3.77. The number of carbonyl (C=O) groups excluding carboxylic acids is 1. The van der Waals surface area contributed by atoms with E-state index in [0.29, 0.717) is 13.2 Å². The van der Waals surface area contributed by atoms with Crippen LogP contribution >= 0.6 is 0 Å². The highest BCUT2D eigenvalue weighted by Gasteiger charge is 2.21. The van der Waals surface area contributed by atoms with Crippen molar-refractivity contribution < 1.29 is 14.3 Å². The Morgan fingerprint density at radius 3 is 2.46 bits per heavy atom. The van der Waals surface area contributed by atoms with E-state index in [1.807, 2.05) is 50.2 Å². The normalized spacial score (nSPS) is 17.3. The van der Waals surface area contributed by atoms with Crippen LogP contribution in [0.3, 0.4) is 0 Å². The smallest absolute Gasteiger partial charge is 0.254 e. The molecule has 1 aliphatic heterocycles. The summed E-state index contributed by atoms with van der Waals surface area (Å²) < 4.78 is 11.3. The monoisotopic (exact) mass is 326 g/mol. The molecular formula is C19H22N2O3. The summed E-state index contributed by atoms with van der Waals surface area (Å²) >= 11 is 0. The molecule has 24 heavy (non-hydrogen) atoms. The number of amides is 1. The quantitative estimate of drug-likeness (QED) is 0.907. The number of ether oxygens (including phenoxy) is 2. The molecule has 2 aromatic rings. The summed E-state index contributed by atoms with van der Waals surface area (Å²) in [4.78, 5) is 12.1. The molecule has 3 rings (SSSR count). The number of benzene rings is 2. The van der Waals surface area contributed by atoms with Crippen LogP contribution in [0.5, 0.6) is 11.5 Å². The molecule has 1 fully saturated rings. The van der Waals surface area contributed by atoms with Gasteiger partial charge in [-0.15, -0.1) is 0 Å². The molecule has 1 saturated heterocycles. The standard InChI is InChI=1S/C19H22N2O3/c1-13-9-14(2)11-17(10-13)24-16-5-3-15(4-6-16)21-19(22)18-12-20-7-8-23-18/h3-6,9-11,18,20H,7-8,12H2,1-2H3,(H,21,22). The minimum absolute atomic E-state index is 0.134. The molecule has 2 N–H and O–H groups in total. The van der Waals surface area contributed by atoms with E-state index in [1.54, 1.807) is 0 Å². The van der Waals surface area contributed by atoms with Crippen molar-refractivity contribution in [2.45, 2.75) is 20.0 Å². The Morgan fingerprint density at radius 2 is 1.83 bits per heavy atom. The van der Waals surface area contributed by atoms with E-state index in [9.17, 15) is 4.79 Å². The van der Waals surface area contributed by atoms with Gasteiger partial charge in [0.05, 0.1) is 6.61 Å². The Hall–Kier alpha value is -2.37. The lowest BCUT2D eigenvalue weighted by Crippen LogP contribution is -2.45. The van der Waals surface area contributed by atoms with Gasteiger partial charge >= 0.3 is 0 Å². The predicted molar refractivity (Wildman–Crippen MR) is 93.7 cm³/mol. The van der Waals surface area contributed by atoms with Gasteiger partial charge in [0.25, 0.3) is 5.91 Å². The van der Waals surface area contributed by atoms with Gasteiger partial charge in [-0.05, 0) is 61.4 Å². The maximum atomic E-state index is 12.1. The fraction of sp³-hybridized carbons (Fsp3) is 0.316. The first-order chi connectivity index (χ1) is 11.6. The van der Waals surface area contributed by atoms with Crippen molar-refractivity contribution in [2.24, 2.45) is 0 Å². The summed E-state index contributed by atoms with van der Waals surface area (Å²) in [6, 6.07) is 13.4. The molecule has 2 aromatic carbocycles. The van der Waals surface area contributed by atoms with Gasteiger partial charge in [0.1, 0.15) is 17.6 Å². The molecule has 0 bridgehead atoms. The maximum Gasteiger partial charge on any atom is 0.254 e. The van der Waals surface area contributed by atoms with E-state index < -0.39 is 6.10 Å². The molecule has 0 spiro atoms. The molecule has 5 heteroatoms. The summed E-state index contributed by atoms with van der Waals surface area (Å²) in [5.74, 6) is 1.41. The predicted octanol–water partition coefficient (Wildman–Crippen LogP) is 3.02. The van der Waals surface area contributed by atoms with E-state index in [1.165, 1.54) is 0 Å². The number of rotatable bonds is 4. The highest BCUT2D eigenvalue weighted by atomic mass is 16.5. The maximum absolute atomic E-state index is 12.1. The molecular weight excluding hydrogens is 304 g/mol. The molecule has 0 aromatic heterocycles. The number of hydrogen-bond acceptors (Lipinski definition) is 4. The van der Waals surface area contributed by atoms with Crippen LogP contribution in [0.25, 0.3) is 0 Å². The number of morpholine rings is 1. The lowest BCUT2D eigenvalue weighted by molar-refractivity contribution is -0.128. The van der Waals surface area contributed by atoms with Gasteiger partial charge in [-0.1, -0.05) is 6.07 Å². The van der Waals surface area contributed by atoms with E-state index in [4.69, 9.17) is 9.47 Å². The summed E-state index contributed by atoms with van der Waals surface area (Å²) in [6.07, 6.45) is -0.440. The Kier molecular flexibility index (Phi) is 5.13. The topological polar surface area (TPSA) is 59.6 Å². The molecule has 1 amide bonds. The second kappa shape index (κ2) is 7.47. The first-order valence-corrected chi connectivity index (χ1v) is 8.09. The van der Waals surface area contributed by atoms with E-state index in [0.717, 1.165) is 34.9 Å². The molecule has 1 atom stereocenters. The molecule has 0 radical (unpaired) electrons. The molecule has 1 heterocycles. The summed E-state index contributed by atoms with van der Waals surface area (Å²) in [5, 5.41) is 6.00. The van der Waals surface area contributed by atoms with Crippen LogP contribution in [0.2, 0.25) is 0 Å². The van der Waals surface area contributed by atoms with Gasteiger partial charge in [-0.2, -0.15) is 0 Å². The van der Waals surface area contributed by atoms with Gasteiger partial charge in [-0.3, -0.25) is 4.79 Å². The van der Waals surface area contributed by atoms with Crippen LogP contribution in [-0.2, 0) is 9.53 Å². The number of anilines is 1. The summed E-state index contributed by atoms with van der Waals surface area (Å²) in [6.45, 7) is 5.97. The van der Waals surface area contributed by atoms with Gasteiger partial charge < -0.3 is 20.1 Å². The zero-order valence-electron chi connectivity index (χ0n) is 14.0. The third-order valence-electron chi connectivity index (χ3n) is 3.77. The highest BCUT2D eigenvalue weighted by Crippen LogP contribution is 2.25. The van der Waals surface area contributed by atoms with Crippen LogP contribution in [0, 0.1) is 13.8 Å². The lowest BCUT2D eigenvalue weighted by Gasteiger charge is -2.22. The highest BCUT2D eigenvalue weighted by molar-refractivity contribution is 5.94. The Labute approximate surface area is 142 Å². The molecule has 1 aliphatic rings. The fourth-order valence-corrected chi connectivity index (χ4v) is 2.69. The van der Waals surface area contributed by atoms with Gasteiger partial charge in [0, 0.05) is 18.8 Å². The minimum atomic E-state index is -0.440. The zero-order chi connectivity index (χ0) is 16.9. The number of carbonyl (C=O) groups is 1. The number of nitrogens with one attached hydrogen (secondary N) is 2. The first kappa shape index (κ1) is 16.5. The van der Waals surface area contributed by atoms with Crippen molar-refractivity contribution in [3.05, 3.63) is 53.6 Å². The first-order valence-electron chi connectivity index (χ1n) is 8.09. The van der Waals surface area contributed by atoms with Crippen LogP contribution < -0.4 is 15.4 Å². The van der Waals surface area contributed by atoms with Crippen molar-refractivity contribution in [3.63, 3.8) is 0 Å². The van der Waals surface area contributed by atoms with Crippen LogP contribution in [0.1, 0.15) is 11.1 Å². The minimum Gasteiger partial charge on any atom is -0.457 e. The largest absolute Gasteiger partial charge is 0.457 e. The van der Waals surface area contributed by atoms with Crippen molar-refractivity contribution in [1.29, 1.82) is 0 Å². The van der Waals surface area contributed by atoms with Crippen LogP contribution in [-0.4, -0.2) is 31.7 Å². The van der Waals surface area contributed by atoms with Crippen molar-refractivity contribution >= 4 is 11.6 Å². The van der Waals surface area contributed by atoms with Crippen LogP contribution in [0.15, 0.2) is 42.5 Å². The molecule has 0 aliphatic carbocycles. The second-order valence-corrected chi connectivity index (χ2v) is 6.00. The van der Waals surface area contributed by atoms with Crippen molar-refractivity contribution in [2.75, 3.05) is 25.0 Å². The summed E-state index contributed by atoms with van der Waals surface area (Å²) in [7, 11) is 0. The molecule has 0 saturated carbocycles. The Balaban J connectivity index is 1.61. The number of hydrogen-bond donors (Lipinski definition) is 2. The van der Waals surface area contributed by atoms with E-state index >= 15 is 0 Å². The Bertz CT molecular complexity index is 687. The average Bonchev–Trinajstić information content (AvgIpc) is 2.56. The third kappa shape index (κ3) is 4.34. The second-order valence-electron chi connectivity index (χ2n) is 6.00. The Morgan fingerprint density at radius 1 is 1.12 bits per heavy atom. The SMILES string of the molecule is Cc1cc(C)cc(Oc2ccc(NC(=O)C3CNCCO3)cc2)c1. The zero-order valence-corrected chi connectivity index (χ0v) is 14.0. The van der Waals surface area contributed by atoms with Crippen molar-refractivity contribution in [1.82, 2.24) is 5.32 Å². The number of aryl methyl sites for hydroxylation is 2. The van der Waals surface area contributed by atoms with Gasteiger partial charge in [0.2, 0.25) is 0 Å². The average molecular weight is 326 g/mol. The van der Waals surface area contributed by atoms with Crippen LogP contribution in [0.4, 0.5) is 5.69 Å². The molecule has 126 valence electrons. The van der Waals surface area contributed by atoms with E-state index in [2.05, 4.69) is 16.7 Å². The molecule has 1 unspecified atom stereocenters. The fourth-order valence-electron chi connectivity index (χ4n) is 2.69. The van der Waals surface area contributed by atoms with Crippen molar-refractivity contribution in [3.8, 4) is 11.5 Å². The lowest BCUT2D eigenvalue weighted by atomic mass is 10.1. The van der Waals surface area contributed by atoms with E-state index in [-0.39, 0.29) is 5.91 Å². The van der Waals surface area contributed by atoms with Gasteiger partial charge in [0.15, 0.2) is 0 Å². The molecule has 5 nitrogen and oxygen atoms in total. The van der Waals surface area contributed by atoms with Gasteiger partial charge in [-0.25, -0.2) is 0 Å².